The van der Waals surface area contributed by atoms with E-state index in [1.165, 1.54) is 44.5 Å². The fourth-order valence-electron chi connectivity index (χ4n) is 6.01. The predicted molar refractivity (Wildman–Crippen MR) is 126 cm³/mol. The van der Waals surface area contributed by atoms with E-state index in [4.69, 9.17) is 0 Å². The Morgan fingerprint density at radius 2 is 1.94 bits per heavy atom. The van der Waals surface area contributed by atoms with Crippen molar-refractivity contribution in [3.8, 4) is 0 Å². The number of hydrogen-bond donors (Lipinski definition) is 2. The molecular formula is C25H35N5O2. The van der Waals surface area contributed by atoms with E-state index in [-0.39, 0.29) is 17.7 Å². The SMILES string of the molecule is C[C@H]1CN(c2ccc3c(C4CCC(=O)NC4=O)nn(C)c3c2)CCC1CC1CCNCC1. The van der Waals surface area contributed by atoms with Crippen LogP contribution >= 0.6 is 0 Å². The van der Waals surface area contributed by atoms with Gasteiger partial charge in [0.1, 0.15) is 0 Å². The Bertz CT molecular complexity index is 1010. The third-order valence-corrected chi connectivity index (χ3v) is 7.98. The van der Waals surface area contributed by atoms with Gasteiger partial charge in [-0.25, -0.2) is 0 Å². The number of nitrogens with zero attached hydrogens (tertiary/aromatic N) is 3. The number of aryl methyl sites for hydroxylation is 1. The molecule has 7 heteroatoms. The summed E-state index contributed by atoms with van der Waals surface area (Å²) in [5.41, 5.74) is 3.07. The molecule has 7 nitrogen and oxygen atoms in total. The summed E-state index contributed by atoms with van der Waals surface area (Å²) >= 11 is 0. The molecule has 2 unspecified atom stereocenters. The van der Waals surface area contributed by atoms with Gasteiger partial charge in [0.2, 0.25) is 11.8 Å². The number of imide groups is 1. The Morgan fingerprint density at radius 1 is 1.12 bits per heavy atom. The molecule has 3 fully saturated rings. The Hall–Kier alpha value is -2.41. The summed E-state index contributed by atoms with van der Waals surface area (Å²) in [7, 11) is 1.94. The van der Waals surface area contributed by atoms with E-state index in [1.54, 1.807) is 0 Å². The topological polar surface area (TPSA) is 79.3 Å². The predicted octanol–water partition coefficient (Wildman–Crippen LogP) is 2.95. The molecule has 5 rings (SSSR count). The molecule has 3 aliphatic heterocycles. The highest BCUT2D eigenvalue weighted by atomic mass is 16.2. The third-order valence-electron chi connectivity index (χ3n) is 7.98. The van der Waals surface area contributed by atoms with Gasteiger partial charge < -0.3 is 10.2 Å². The van der Waals surface area contributed by atoms with Crippen LogP contribution in [0.4, 0.5) is 5.69 Å². The first-order valence-corrected chi connectivity index (χ1v) is 12.3. The Morgan fingerprint density at radius 3 is 2.69 bits per heavy atom. The normalized spacial score (nSPS) is 27.7. The van der Waals surface area contributed by atoms with E-state index in [1.807, 2.05) is 11.7 Å². The fourth-order valence-corrected chi connectivity index (χ4v) is 6.01. The molecule has 3 atom stereocenters. The number of fused-ring (bicyclic) bond motifs is 1. The van der Waals surface area contributed by atoms with Crippen molar-refractivity contribution in [2.24, 2.45) is 24.8 Å². The lowest BCUT2D eigenvalue weighted by atomic mass is 9.78. The second-order valence-corrected chi connectivity index (χ2v) is 10.1. The van der Waals surface area contributed by atoms with E-state index < -0.39 is 0 Å². The van der Waals surface area contributed by atoms with Crippen LogP contribution in [0.2, 0.25) is 0 Å². The Balaban J connectivity index is 1.31. The zero-order valence-corrected chi connectivity index (χ0v) is 19.3. The summed E-state index contributed by atoms with van der Waals surface area (Å²) in [5.74, 6) is 1.65. The highest BCUT2D eigenvalue weighted by Crippen LogP contribution is 2.36. The lowest BCUT2D eigenvalue weighted by Crippen LogP contribution is -2.40. The van der Waals surface area contributed by atoms with Crippen molar-refractivity contribution >= 4 is 28.4 Å². The number of benzene rings is 1. The molecule has 3 saturated heterocycles. The van der Waals surface area contributed by atoms with E-state index >= 15 is 0 Å². The number of carbonyl (C=O) groups excluding carboxylic acids is 2. The van der Waals surface area contributed by atoms with E-state index in [0.29, 0.717) is 18.8 Å². The molecule has 0 bridgehead atoms. The van der Waals surface area contributed by atoms with Gasteiger partial charge in [-0.3, -0.25) is 19.6 Å². The molecule has 1 aromatic heterocycles. The zero-order valence-electron chi connectivity index (χ0n) is 19.3. The molecule has 172 valence electrons. The Labute approximate surface area is 189 Å². The fraction of sp³-hybridized carbons (Fsp3) is 0.640. The third kappa shape index (κ3) is 4.15. The summed E-state index contributed by atoms with van der Waals surface area (Å²) in [6.07, 6.45) is 6.21. The van der Waals surface area contributed by atoms with Gasteiger partial charge in [-0.2, -0.15) is 5.10 Å². The molecule has 2 aromatic rings. The summed E-state index contributed by atoms with van der Waals surface area (Å²) in [6.45, 7) is 6.98. The van der Waals surface area contributed by atoms with Crippen LogP contribution in [0.25, 0.3) is 10.9 Å². The first-order chi connectivity index (χ1) is 15.5. The molecule has 1 aromatic carbocycles. The van der Waals surface area contributed by atoms with Crippen LogP contribution in [-0.2, 0) is 16.6 Å². The van der Waals surface area contributed by atoms with Crippen molar-refractivity contribution in [1.82, 2.24) is 20.4 Å². The van der Waals surface area contributed by atoms with Crippen LogP contribution in [-0.4, -0.2) is 47.8 Å². The van der Waals surface area contributed by atoms with Gasteiger partial charge in [-0.15, -0.1) is 0 Å². The molecule has 4 heterocycles. The molecule has 0 saturated carbocycles. The van der Waals surface area contributed by atoms with Crippen molar-refractivity contribution in [1.29, 1.82) is 0 Å². The molecule has 0 aliphatic carbocycles. The number of nitrogens with one attached hydrogen (secondary N) is 2. The van der Waals surface area contributed by atoms with Gasteiger partial charge in [0.15, 0.2) is 0 Å². The summed E-state index contributed by atoms with van der Waals surface area (Å²) in [6, 6.07) is 6.51. The second-order valence-electron chi connectivity index (χ2n) is 10.1. The van der Waals surface area contributed by atoms with Crippen molar-refractivity contribution < 1.29 is 9.59 Å². The van der Waals surface area contributed by atoms with E-state index in [0.717, 1.165) is 41.5 Å². The van der Waals surface area contributed by atoms with Crippen LogP contribution < -0.4 is 15.5 Å². The molecule has 2 amide bonds. The van der Waals surface area contributed by atoms with E-state index in [9.17, 15) is 9.59 Å². The lowest BCUT2D eigenvalue weighted by molar-refractivity contribution is -0.134. The van der Waals surface area contributed by atoms with Gasteiger partial charge in [0.25, 0.3) is 0 Å². The maximum atomic E-state index is 12.4. The minimum Gasteiger partial charge on any atom is -0.371 e. The molecular weight excluding hydrogens is 402 g/mol. The summed E-state index contributed by atoms with van der Waals surface area (Å²) in [4.78, 5) is 26.4. The van der Waals surface area contributed by atoms with Gasteiger partial charge in [0.05, 0.1) is 17.1 Å². The Kier molecular flexibility index (Phi) is 5.93. The maximum Gasteiger partial charge on any atom is 0.235 e. The van der Waals surface area contributed by atoms with Gasteiger partial charge >= 0.3 is 0 Å². The average Bonchev–Trinajstić information content (AvgIpc) is 3.11. The average molecular weight is 438 g/mol. The standard InChI is InChI=1S/C25H35N5O2/c1-16-15-30(12-9-18(16)13-17-7-10-26-11-8-17)19-3-4-20-22(14-19)29(2)28-24(20)21-5-6-23(31)27-25(21)32/h3-4,14,16-18,21,26H,5-13,15H2,1-2H3,(H,27,31,32)/t16-,18?,21?/m0/s1. The minimum atomic E-state index is -0.354. The number of rotatable bonds is 4. The lowest BCUT2D eigenvalue weighted by Gasteiger charge is -2.40. The van der Waals surface area contributed by atoms with Crippen molar-refractivity contribution in [2.45, 2.75) is 51.4 Å². The number of aromatic nitrogens is 2. The van der Waals surface area contributed by atoms with Gasteiger partial charge in [0, 0.05) is 37.6 Å². The van der Waals surface area contributed by atoms with Crippen LogP contribution in [0, 0.1) is 17.8 Å². The monoisotopic (exact) mass is 437 g/mol. The number of anilines is 1. The summed E-state index contributed by atoms with van der Waals surface area (Å²) in [5, 5.41) is 11.7. The van der Waals surface area contributed by atoms with Crippen LogP contribution in [0.1, 0.15) is 57.1 Å². The minimum absolute atomic E-state index is 0.188. The van der Waals surface area contributed by atoms with E-state index in [2.05, 4.69) is 45.8 Å². The first kappa shape index (κ1) is 21.4. The second kappa shape index (κ2) is 8.85. The quantitative estimate of drug-likeness (QED) is 0.719. The smallest absolute Gasteiger partial charge is 0.235 e. The molecule has 0 spiro atoms. The number of piperidine rings is 3. The largest absolute Gasteiger partial charge is 0.371 e. The number of hydrogen-bond acceptors (Lipinski definition) is 5. The van der Waals surface area contributed by atoms with Crippen molar-refractivity contribution in [3.63, 3.8) is 0 Å². The van der Waals surface area contributed by atoms with Gasteiger partial charge in [-0.05, 0) is 81.1 Å². The molecule has 3 aliphatic rings. The van der Waals surface area contributed by atoms with Crippen LogP contribution in [0.15, 0.2) is 18.2 Å². The molecule has 32 heavy (non-hydrogen) atoms. The highest BCUT2D eigenvalue weighted by molar-refractivity contribution is 6.02. The highest BCUT2D eigenvalue weighted by Gasteiger charge is 2.32. The zero-order chi connectivity index (χ0) is 22.2. The van der Waals surface area contributed by atoms with Crippen LogP contribution in [0.3, 0.4) is 0 Å². The first-order valence-electron chi connectivity index (χ1n) is 12.3. The number of amides is 2. The van der Waals surface area contributed by atoms with Crippen molar-refractivity contribution in [3.05, 3.63) is 23.9 Å². The van der Waals surface area contributed by atoms with Gasteiger partial charge in [-0.1, -0.05) is 6.92 Å². The summed E-state index contributed by atoms with van der Waals surface area (Å²) < 4.78 is 1.88. The molecule has 2 N–H and O–H groups in total. The maximum absolute atomic E-state index is 12.4. The molecule has 0 radical (unpaired) electrons. The van der Waals surface area contributed by atoms with Crippen LogP contribution in [0.5, 0.6) is 0 Å². The van der Waals surface area contributed by atoms with Crippen molar-refractivity contribution in [2.75, 3.05) is 31.1 Å². The number of carbonyl (C=O) groups is 2.